The Bertz CT molecular complexity index is 726. The van der Waals surface area contributed by atoms with Crippen molar-refractivity contribution in [2.45, 2.75) is 20.8 Å². The molecular weight excluding hydrogens is 222 g/mol. The van der Waals surface area contributed by atoms with Gasteiger partial charge in [0, 0.05) is 22.7 Å². The summed E-state index contributed by atoms with van der Waals surface area (Å²) in [6.07, 6.45) is 3.82. The highest BCUT2D eigenvalue weighted by atomic mass is 15.1. The number of hydrogen-bond acceptors (Lipinski definition) is 2. The van der Waals surface area contributed by atoms with E-state index >= 15 is 0 Å². The predicted octanol–water partition coefficient (Wildman–Crippen LogP) is 3.55. The van der Waals surface area contributed by atoms with Gasteiger partial charge >= 0.3 is 0 Å². The summed E-state index contributed by atoms with van der Waals surface area (Å²) in [5.74, 6) is 0. The van der Waals surface area contributed by atoms with Crippen molar-refractivity contribution in [1.82, 2.24) is 15.2 Å². The average molecular weight is 237 g/mol. The predicted molar refractivity (Wildman–Crippen MR) is 73.5 cm³/mol. The number of aryl methyl sites for hydroxylation is 2. The van der Waals surface area contributed by atoms with E-state index in [9.17, 15) is 0 Å². The van der Waals surface area contributed by atoms with Crippen molar-refractivity contribution >= 4 is 10.9 Å². The Hall–Kier alpha value is -2.16. The Morgan fingerprint density at radius 1 is 1.11 bits per heavy atom. The first-order chi connectivity index (χ1) is 8.66. The third-order valence-electron chi connectivity index (χ3n) is 3.45. The molecule has 3 nitrogen and oxygen atoms in total. The molecule has 0 unspecified atom stereocenters. The van der Waals surface area contributed by atoms with Gasteiger partial charge in [-0.3, -0.25) is 0 Å². The van der Waals surface area contributed by atoms with Crippen molar-refractivity contribution in [3.63, 3.8) is 0 Å². The molecular formula is C15H15N3. The molecule has 0 fully saturated rings. The van der Waals surface area contributed by atoms with E-state index < -0.39 is 0 Å². The lowest BCUT2D eigenvalue weighted by atomic mass is 10.0. The topological polar surface area (TPSA) is 41.6 Å². The van der Waals surface area contributed by atoms with Gasteiger partial charge in [0.1, 0.15) is 0 Å². The molecule has 90 valence electrons. The smallest absolute Gasteiger partial charge is 0.0982 e. The van der Waals surface area contributed by atoms with Gasteiger partial charge in [0.15, 0.2) is 0 Å². The monoisotopic (exact) mass is 237 g/mol. The molecule has 0 atom stereocenters. The lowest BCUT2D eigenvalue weighted by molar-refractivity contribution is 1.00. The molecule has 1 aromatic carbocycles. The second-order valence-electron chi connectivity index (χ2n) is 4.75. The Kier molecular flexibility index (Phi) is 2.40. The van der Waals surface area contributed by atoms with E-state index in [2.05, 4.69) is 54.2 Å². The van der Waals surface area contributed by atoms with Crippen LogP contribution in [0.25, 0.3) is 22.2 Å². The van der Waals surface area contributed by atoms with Crippen LogP contribution in [0.2, 0.25) is 0 Å². The van der Waals surface area contributed by atoms with E-state index in [0.717, 1.165) is 16.8 Å². The number of aromatic nitrogens is 3. The van der Waals surface area contributed by atoms with E-state index in [1.807, 2.05) is 6.20 Å². The molecule has 0 aliphatic rings. The van der Waals surface area contributed by atoms with Gasteiger partial charge in [-0.05, 0) is 44.0 Å². The standard InChI is InChI=1S/C15H15N3/c1-9-4-5-14-12(6-9)13(8-16-14)15-11(3)10(2)7-17-18-15/h4-8,16H,1-3H3. The van der Waals surface area contributed by atoms with Gasteiger partial charge in [-0.1, -0.05) is 11.6 Å². The molecule has 0 aliphatic heterocycles. The van der Waals surface area contributed by atoms with Gasteiger partial charge in [-0.15, -0.1) is 0 Å². The van der Waals surface area contributed by atoms with Crippen LogP contribution in [0.4, 0.5) is 0 Å². The van der Waals surface area contributed by atoms with Crippen LogP contribution >= 0.6 is 0 Å². The SMILES string of the molecule is Cc1ccc2[nH]cc(-c3nncc(C)c3C)c2c1. The highest BCUT2D eigenvalue weighted by Gasteiger charge is 2.11. The van der Waals surface area contributed by atoms with Crippen molar-refractivity contribution < 1.29 is 0 Å². The first-order valence-electron chi connectivity index (χ1n) is 6.04. The van der Waals surface area contributed by atoms with E-state index in [4.69, 9.17) is 0 Å². The molecule has 0 amide bonds. The zero-order valence-electron chi connectivity index (χ0n) is 10.8. The Morgan fingerprint density at radius 3 is 2.78 bits per heavy atom. The number of nitrogens with zero attached hydrogens (tertiary/aromatic N) is 2. The summed E-state index contributed by atoms with van der Waals surface area (Å²) in [5.41, 5.74) is 6.84. The molecule has 1 N–H and O–H groups in total. The molecule has 18 heavy (non-hydrogen) atoms. The number of H-pyrrole nitrogens is 1. The number of hydrogen-bond donors (Lipinski definition) is 1. The van der Waals surface area contributed by atoms with Crippen LogP contribution in [0, 0.1) is 20.8 Å². The summed E-state index contributed by atoms with van der Waals surface area (Å²) < 4.78 is 0. The zero-order valence-corrected chi connectivity index (χ0v) is 10.8. The maximum atomic E-state index is 4.29. The quantitative estimate of drug-likeness (QED) is 0.703. The van der Waals surface area contributed by atoms with E-state index in [0.29, 0.717) is 0 Å². The zero-order chi connectivity index (χ0) is 12.7. The van der Waals surface area contributed by atoms with Gasteiger partial charge < -0.3 is 4.98 Å². The van der Waals surface area contributed by atoms with E-state index in [1.165, 1.54) is 22.1 Å². The first kappa shape index (κ1) is 11.0. The van der Waals surface area contributed by atoms with Gasteiger partial charge in [0.25, 0.3) is 0 Å². The third kappa shape index (κ3) is 1.59. The second-order valence-corrected chi connectivity index (χ2v) is 4.75. The van der Waals surface area contributed by atoms with Crippen LogP contribution in [0.1, 0.15) is 16.7 Å². The molecule has 0 bridgehead atoms. The summed E-state index contributed by atoms with van der Waals surface area (Å²) >= 11 is 0. The fourth-order valence-corrected chi connectivity index (χ4v) is 2.22. The molecule has 2 heterocycles. The maximum absolute atomic E-state index is 4.29. The van der Waals surface area contributed by atoms with Crippen molar-refractivity contribution in [1.29, 1.82) is 0 Å². The fourth-order valence-electron chi connectivity index (χ4n) is 2.22. The molecule has 0 saturated heterocycles. The maximum Gasteiger partial charge on any atom is 0.0982 e. The van der Waals surface area contributed by atoms with Crippen molar-refractivity contribution in [3.05, 3.63) is 47.3 Å². The van der Waals surface area contributed by atoms with E-state index in [1.54, 1.807) is 6.20 Å². The van der Waals surface area contributed by atoms with Gasteiger partial charge in [-0.2, -0.15) is 10.2 Å². The highest BCUT2D eigenvalue weighted by Crippen LogP contribution is 2.30. The molecule has 0 aliphatic carbocycles. The molecule has 0 saturated carbocycles. The lowest BCUT2D eigenvalue weighted by Crippen LogP contribution is -1.93. The Morgan fingerprint density at radius 2 is 1.94 bits per heavy atom. The highest BCUT2D eigenvalue weighted by molar-refractivity contribution is 5.95. The van der Waals surface area contributed by atoms with Crippen molar-refractivity contribution in [3.8, 4) is 11.3 Å². The Labute approximate surface area is 106 Å². The Balaban J connectivity index is 2.32. The van der Waals surface area contributed by atoms with Gasteiger partial charge in [-0.25, -0.2) is 0 Å². The number of aromatic amines is 1. The number of benzene rings is 1. The second kappa shape index (κ2) is 3.95. The average Bonchev–Trinajstić information content (AvgIpc) is 2.75. The number of rotatable bonds is 1. The molecule has 0 spiro atoms. The van der Waals surface area contributed by atoms with Crippen LogP contribution in [0.15, 0.2) is 30.6 Å². The van der Waals surface area contributed by atoms with Gasteiger partial charge in [0.2, 0.25) is 0 Å². The minimum Gasteiger partial charge on any atom is -0.360 e. The minimum atomic E-state index is 0.965. The number of nitrogens with one attached hydrogen (secondary N) is 1. The summed E-state index contributed by atoms with van der Waals surface area (Å²) in [7, 11) is 0. The molecule has 2 aromatic heterocycles. The van der Waals surface area contributed by atoms with Crippen LogP contribution < -0.4 is 0 Å². The fraction of sp³-hybridized carbons (Fsp3) is 0.200. The molecule has 3 aromatic rings. The molecule has 3 rings (SSSR count). The normalized spacial score (nSPS) is 11.1. The van der Waals surface area contributed by atoms with Crippen molar-refractivity contribution in [2.75, 3.05) is 0 Å². The molecule has 0 radical (unpaired) electrons. The van der Waals surface area contributed by atoms with Crippen molar-refractivity contribution in [2.24, 2.45) is 0 Å². The van der Waals surface area contributed by atoms with Crippen LogP contribution in [-0.4, -0.2) is 15.2 Å². The third-order valence-corrected chi connectivity index (χ3v) is 3.45. The van der Waals surface area contributed by atoms with E-state index in [-0.39, 0.29) is 0 Å². The minimum absolute atomic E-state index is 0.965. The van der Waals surface area contributed by atoms with Crippen LogP contribution in [-0.2, 0) is 0 Å². The van der Waals surface area contributed by atoms with Crippen LogP contribution in [0.5, 0.6) is 0 Å². The largest absolute Gasteiger partial charge is 0.360 e. The summed E-state index contributed by atoms with van der Waals surface area (Å²) in [6.45, 7) is 6.26. The molecule has 3 heteroatoms. The summed E-state index contributed by atoms with van der Waals surface area (Å²) in [4.78, 5) is 3.29. The van der Waals surface area contributed by atoms with Gasteiger partial charge in [0.05, 0.1) is 11.9 Å². The summed E-state index contributed by atoms with van der Waals surface area (Å²) in [6, 6.07) is 6.40. The number of fused-ring (bicyclic) bond motifs is 1. The summed E-state index contributed by atoms with van der Waals surface area (Å²) in [5, 5.41) is 9.56. The first-order valence-corrected chi connectivity index (χ1v) is 6.04. The van der Waals surface area contributed by atoms with Crippen LogP contribution in [0.3, 0.4) is 0 Å². The lowest BCUT2D eigenvalue weighted by Gasteiger charge is -2.05.